The number of nitrogens with zero attached hydrogens (tertiary/aromatic N) is 4. The number of nitrogen functional groups attached to an aromatic ring is 1. The van der Waals surface area contributed by atoms with E-state index in [9.17, 15) is 0 Å². The van der Waals surface area contributed by atoms with Crippen molar-refractivity contribution in [1.82, 2.24) is 19.4 Å². The van der Waals surface area contributed by atoms with Crippen LogP contribution in [0.15, 0.2) is 36.5 Å². The summed E-state index contributed by atoms with van der Waals surface area (Å²) in [5.41, 5.74) is 7.79. The Morgan fingerprint density at radius 1 is 1.11 bits per heavy atom. The maximum absolute atomic E-state index is 5.90. The largest absolute Gasteiger partial charge is 0.369 e. The molecule has 0 saturated carbocycles. The van der Waals surface area contributed by atoms with E-state index in [0.29, 0.717) is 17.6 Å². The van der Waals surface area contributed by atoms with Gasteiger partial charge in [0.15, 0.2) is 0 Å². The molecule has 0 unspecified atom stereocenters. The van der Waals surface area contributed by atoms with Crippen molar-refractivity contribution in [2.45, 2.75) is 13.3 Å². The van der Waals surface area contributed by atoms with Crippen molar-refractivity contribution in [3.05, 3.63) is 42.4 Å². The van der Waals surface area contributed by atoms with Crippen molar-refractivity contribution in [3.63, 3.8) is 0 Å². The van der Waals surface area contributed by atoms with Gasteiger partial charge in [-0.25, -0.2) is 4.98 Å². The molecule has 5 nitrogen and oxygen atoms in total. The molecule has 0 fully saturated rings. The van der Waals surface area contributed by atoms with Gasteiger partial charge in [0.1, 0.15) is 5.82 Å². The Hall–Kier alpha value is -2.43. The zero-order valence-corrected chi connectivity index (χ0v) is 10.0. The number of hydrogen-bond acceptors (Lipinski definition) is 4. The fourth-order valence-corrected chi connectivity index (χ4v) is 1.85. The first-order valence-corrected chi connectivity index (χ1v) is 5.85. The SMILES string of the molecule is CCc1nc(N)n2cc(-c3ccccc3)nc2n1. The van der Waals surface area contributed by atoms with Crippen LogP contribution in [0.5, 0.6) is 0 Å². The summed E-state index contributed by atoms with van der Waals surface area (Å²) < 4.78 is 1.71. The Bertz CT molecular complexity index is 687. The van der Waals surface area contributed by atoms with Gasteiger partial charge in [0.25, 0.3) is 0 Å². The molecule has 2 aromatic heterocycles. The number of benzene rings is 1. The number of nitrogens with two attached hydrogens (primary N) is 1. The molecule has 0 radical (unpaired) electrons. The van der Waals surface area contributed by atoms with E-state index in [-0.39, 0.29) is 0 Å². The van der Waals surface area contributed by atoms with Crippen molar-refractivity contribution in [1.29, 1.82) is 0 Å². The molecule has 5 heteroatoms. The second-order valence-corrected chi connectivity index (χ2v) is 4.01. The quantitative estimate of drug-likeness (QED) is 0.742. The predicted octanol–water partition coefficient (Wildman–Crippen LogP) is 1.94. The van der Waals surface area contributed by atoms with Crippen LogP contribution in [0.1, 0.15) is 12.7 Å². The zero-order valence-electron chi connectivity index (χ0n) is 10.0. The van der Waals surface area contributed by atoms with Gasteiger partial charge in [-0.15, -0.1) is 0 Å². The van der Waals surface area contributed by atoms with Gasteiger partial charge in [-0.2, -0.15) is 9.97 Å². The normalized spacial score (nSPS) is 10.9. The highest BCUT2D eigenvalue weighted by molar-refractivity contribution is 5.62. The molecule has 0 aliphatic heterocycles. The van der Waals surface area contributed by atoms with Crippen LogP contribution in [-0.4, -0.2) is 19.4 Å². The lowest BCUT2D eigenvalue weighted by Gasteiger charge is -1.99. The van der Waals surface area contributed by atoms with Crippen molar-refractivity contribution >= 4 is 11.7 Å². The smallest absolute Gasteiger partial charge is 0.238 e. The monoisotopic (exact) mass is 239 g/mol. The van der Waals surface area contributed by atoms with Crippen LogP contribution in [0, 0.1) is 0 Å². The van der Waals surface area contributed by atoms with Crippen LogP contribution in [-0.2, 0) is 6.42 Å². The number of hydrogen-bond donors (Lipinski definition) is 1. The Morgan fingerprint density at radius 3 is 2.61 bits per heavy atom. The highest BCUT2D eigenvalue weighted by atomic mass is 15.2. The van der Waals surface area contributed by atoms with E-state index in [1.54, 1.807) is 4.40 Å². The molecule has 0 aliphatic rings. The van der Waals surface area contributed by atoms with E-state index in [0.717, 1.165) is 17.7 Å². The summed E-state index contributed by atoms with van der Waals surface area (Å²) >= 11 is 0. The van der Waals surface area contributed by atoms with Crippen molar-refractivity contribution in [3.8, 4) is 11.3 Å². The molecule has 0 saturated heterocycles. The maximum atomic E-state index is 5.90. The molecule has 2 heterocycles. The first kappa shape index (κ1) is 10.7. The maximum Gasteiger partial charge on any atom is 0.238 e. The van der Waals surface area contributed by atoms with Crippen LogP contribution >= 0.6 is 0 Å². The highest BCUT2D eigenvalue weighted by Gasteiger charge is 2.09. The highest BCUT2D eigenvalue weighted by Crippen LogP contribution is 2.19. The second-order valence-electron chi connectivity index (χ2n) is 4.01. The number of aryl methyl sites for hydroxylation is 1. The molecule has 3 aromatic rings. The third-order valence-electron chi connectivity index (χ3n) is 2.79. The molecule has 0 aliphatic carbocycles. The van der Waals surface area contributed by atoms with Crippen LogP contribution in [0.3, 0.4) is 0 Å². The minimum atomic E-state index is 0.423. The number of imidazole rings is 1. The lowest BCUT2D eigenvalue weighted by atomic mass is 10.2. The van der Waals surface area contributed by atoms with E-state index in [1.807, 2.05) is 43.5 Å². The van der Waals surface area contributed by atoms with Gasteiger partial charge in [0.2, 0.25) is 11.7 Å². The molecule has 0 atom stereocenters. The fraction of sp³-hybridized carbons (Fsp3) is 0.154. The van der Waals surface area contributed by atoms with Gasteiger partial charge in [-0.05, 0) is 0 Å². The number of aromatic nitrogens is 4. The Labute approximate surface area is 104 Å². The van der Waals surface area contributed by atoms with E-state index >= 15 is 0 Å². The average molecular weight is 239 g/mol. The summed E-state index contributed by atoms with van der Waals surface area (Å²) in [7, 11) is 0. The Balaban J connectivity index is 2.20. The first-order chi connectivity index (χ1) is 8.78. The summed E-state index contributed by atoms with van der Waals surface area (Å²) in [5, 5.41) is 0. The van der Waals surface area contributed by atoms with Gasteiger partial charge >= 0.3 is 0 Å². The summed E-state index contributed by atoms with van der Waals surface area (Å²) in [6.45, 7) is 1.99. The molecule has 3 rings (SSSR count). The van der Waals surface area contributed by atoms with Crippen molar-refractivity contribution in [2.75, 3.05) is 5.73 Å². The van der Waals surface area contributed by atoms with Gasteiger partial charge in [0.05, 0.1) is 5.69 Å². The Kier molecular flexibility index (Phi) is 2.44. The van der Waals surface area contributed by atoms with Crippen molar-refractivity contribution in [2.24, 2.45) is 0 Å². The standard InChI is InChI=1S/C13H13N5/c1-2-11-16-12(14)18-8-10(15-13(18)17-11)9-6-4-3-5-7-9/h3-8H,2H2,1H3,(H2,14,15,16,17). The third-order valence-corrected chi connectivity index (χ3v) is 2.79. The first-order valence-electron chi connectivity index (χ1n) is 5.85. The van der Waals surface area contributed by atoms with E-state index in [4.69, 9.17) is 5.73 Å². The molecule has 1 aromatic carbocycles. The third kappa shape index (κ3) is 1.69. The van der Waals surface area contributed by atoms with Crippen LogP contribution in [0.4, 0.5) is 5.95 Å². The van der Waals surface area contributed by atoms with Gasteiger partial charge in [0, 0.05) is 18.2 Å². The fourth-order valence-electron chi connectivity index (χ4n) is 1.85. The Morgan fingerprint density at radius 2 is 1.89 bits per heavy atom. The molecule has 0 spiro atoms. The van der Waals surface area contributed by atoms with Crippen LogP contribution < -0.4 is 5.73 Å². The van der Waals surface area contributed by atoms with Gasteiger partial charge in [-0.1, -0.05) is 37.3 Å². The van der Waals surface area contributed by atoms with Gasteiger partial charge in [-0.3, -0.25) is 4.40 Å². The summed E-state index contributed by atoms with van der Waals surface area (Å²) in [4.78, 5) is 13.1. The molecule has 2 N–H and O–H groups in total. The van der Waals surface area contributed by atoms with Crippen LogP contribution in [0.25, 0.3) is 17.0 Å². The van der Waals surface area contributed by atoms with Gasteiger partial charge < -0.3 is 5.73 Å². The lowest BCUT2D eigenvalue weighted by molar-refractivity contribution is 0.903. The summed E-state index contributed by atoms with van der Waals surface area (Å²) in [6, 6.07) is 9.94. The number of rotatable bonds is 2. The molecule has 0 bridgehead atoms. The average Bonchev–Trinajstić information content (AvgIpc) is 2.84. The van der Waals surface area contributed by atoms with Crippen molar-refractivity contribution < 1.29 is 0 Å². The summed E-state index contributed by atoms with van der Waals surface area (Å²) in [6.07, 6.45) is 2.60. The minimum absolute atomic E-state index is 0.423. The lowest BCUT2D eigenvalue weighted by Crippen LogP contribution is -2.05. The number of fused-ring (bicyclic) bond motifs is 1. The zero-order chi connectivity index (χ0) is 12.5. The molecular formula is C13H13N5. The topological polar surface area (TPSA) is 69.1 Å². The van der Waals surface area contributed by atoms with E-state index in [2.05, 4.69) is 15.0 Å². The minimum Gasteiger partial charge on any atom is -0.369 e. The van der Waals surface area contributed by atoms with E-state index < -0.39 is 0 Å². The van der Waals surface area contributed by atoms with Crippen LogP contribution in [0.2, 0.25) is 0 Å². The second kappa shape index (κ2) is 4.10. The molecule has 90 valence electrons. The molecule has 18 heavy (non-hydrogen) atoms. The summed E-state index contributed by atoms with van der Waals surface area (Å²) in [5.74, 6) is 1.73. The molecule has 0 amide bonds. The molecular weight excluding hydrogens is 226 g/mol. The predicted molar refractivity (Wildman–Crippen MR) is 70.0 cm³/mol. The van der Waals surface area contributed by atoms with E-state index in [1.165, 1.54) is 0 Å². The number of anilines is 1.